The lowest BCUT2D eigenvalue weighted by atomic mass is 9.97. The second-order valence-corrected chi connectivity index (χ2v) is 7.08. The standard InChI is InChI=1S/C16H25NOS/c1-12(2)16(19-14-8-10-18-11-9-14)15(17)13-6-4-3-5-7-13/h3-7,12,14-16H,8-11,17H2,1-2H3. The largest absolute Gasteiger partial charge is 0.381 e. The molecule has 2 unspecified atom stereocenters. The number of ether oxygens (including phenoxy) is 1. The summed E-state index contributed by atoms with van der Waals surface area (Å²) in [6.07, 6.45) is 2.32. The van der Waals surface area contributed by atoms with Gasteiger partial charge in [0.1, 0.15) is 0 Å². The van der Waals surface area contributed by atoms with Crippen LogP contribution in [0.25, 0.3) is 0 Å². The van der Waals surface area contributed by atoms with Gasteiger partial charge in [-0.1, -0.05) is 44.2 Å². The van der Waals surface area contributed by atoms with E-state index in [9.17, 15) is 0 Å². The molecular weight excluding hydrogens is 254 g/mol. The number of rotatable bonds is 5. The summed E-state index contributed by atoms with van der Waals surface area (Å²) in [6, 6.07) is 10.6. The zero-order chi connectivity index (χ0) is 13.7. The van der Waals surface area contributed by atoms with E-state index in [-0.39, 0.29) is 6.04 Å². The maximum Gasteiger partial charge on any atom is 0.0476 e. The summed E-state index contributed by atoms with van der Waals surface area (Å²) in [5, 5.41) is 1.18. The normalized spacial score (nSPS) is 20.4. The monoisotopic (exact) mass is 279 g/mol. The molecule has 1 aromatic rings. The Bertz CT molecular complexity index is 362. The molecular formula is C16H25NOS. The number of hydrogen-bond donors (Lipinski definition) is 1. The van der Waals surface area contributed by atoms with E-state index in [1.165, 1.54) is 5.56 Å². The van der Waals surface area contributed by atoms with Crippen LogP contribution in [0.5, 0.6) is 0 Å². The van der Waals surface area contributed by atoms with Gasteiger partial charge in [0.2, 0.25) is 0 Å². The molecule has 0 aromatic heterocycles. The van der Waals surface area contributed by atoms with E-state index < -0.39 is 0 Å². The van der Waals surface area contributed by atoms with Gasteiger partial charge in [0.25, 0.3) is 0 Å². The molecule has 19 heavy (non-hydrogen) atoms. The minimum atomic E-state index is 0.119. The van der Waals surface area contributed by atoms with Crippen LogP contribution < -0.4 is 5.73 Å². The number of thioether (sulfide) groups is 1. The topological polar surface area (TPSA) is 35.2 Å². The third kappa shape index (κ3) is 4.23. The van der Waals surface area contributed by atoms with Crippen molar-refractivity contribution in [2.75, 3.05) is 13.2 Å². The SMILES string of the molecule is CC(C)C(SC1CCOCC1)C(N)c1ccccc1. The molecule has 1 fully saturated rings. The van der Waals surface area contributed by atoms with Crippen LogP contribution in [0.2, 0.25) is 0 Å². The summed E-state index contributed by atoms with van der Waals surface area (Å²) >= 11 is 2.07. The van der Waals surface area contributed by atoms with Crippen molar-refractivity contribution >= 4 is 11.8 Å². The van der Waals surface area contributed by atoms with Gasteiger partial charge in [0.15, 0.2) is 0 Å². The average molecular weight is 279 g/mol. The Labute approximate surface area is 121 Å². The Balaban J connectivity index is 2.02. The molecule has 2 N–H and O–H groups in total. The van der Waals surface area contributed by atoms with E-state index in [1.807, 2.05) is 6.07 Å². The van der Waals surface area contributed by atoms with Gasteiger partial charge in [-0.3, -0.25) is 0 Å². The molecule has 3 heteroatoms. The summed E-state index contributed by atoms with van der Waals surface area (Å²) in [4.78, 5) is 0. The molecule has 0 bridgehead atoms. The molecule has 0 spiro atoms. The maximum atomic E-state index is 6.51. The van der Waals surface area contributed by atoms with Crippen LogP contribution in [0.15, 0.2) is 30.3 Å². The van der Waals surface area contributed by atoms with Gasteiger partial charge in [-0.15, -0.1) is 0 Å². The molecule has 1 aliphatic heterocycles. The third-order valence-corrected chi connectivity index (χ3v) is 5.72. The van der Waals surface area contributed by atoms with E-state index in [0.717, 1.165) is 26.1 Å². The van der Waals surface area contributed by atoms with Crippen LogP contribution in [0.3, 0.4) is 0 Å². The molecule has 0 saturated carbocycles. The van der Waals surface area contributed by atoms with Crippen molar-refractivity contribution in [2.45, 2.75) is 43.2 Å². The van der Waals surface area contributed by atoms with Crippen LogP contribution in [0.4, 0.5) is 0 Å². The molecule has 2 atom stereocenters. The summed E-state index contributed by atoms with van der Waals surface area (Å²) in [5.41, 5.74) is 7.76. The molecule has 0 amide bonds. The first-order valence-electron chi connectivity index (χ1n) is 7.22. The molecule has 1 aromatic carbocycles. The minimum Gasteiger partial charge on any atom is -0.381 e. The van der Waals surface area contributed by atoms with Crippen molar-refractivity contribution in [2.24, 2.45) is 11.7 Å². The van der Waals surface area contributed by atoms with Crippen molar-refractivity contribution in [3.8, 4) is 0 Å². The first-order chi connectivity index (χ1) is 9.18. The minimum absolute atomic E-state index is 0.119. The lowest BCUT2D eigenvalue weighted by Crippen LogP contribution is -2.31. The zero-order valence-corrected chi connectivity index (χ0v) is 12.7. The summed E-state index contributed by atoms with van der Waals surface area (Å²) in [6.45, 7) is 6.37. The molecule has 1 aliphatic rings. The van der Waals surface area contributed by atoms with Gasteiger partial charge < -0.3 is 10.5 Å². The Morgan fingerprint density at radius 3 is 2.37 bits per heavy atom. The third-order valence-electron chi connectivity index (χ3n) is 3.71. The highest BCUT2D eigenvalue weighted by Gasteiger charge is 2.27. The Hall–Kier alpha value is -0.510. The van der Waals surface area contributed by atoms with E-state index in [0.29, 0.717) is 16.4 Å². The van der Waals surface area contributed by atoms with Crippen LogP contribution in [-0.4, -0.2) is 23.7 Å². The van der Waals surface area contributed by atoms with E-state index >= 15 is 0 Å². The van der Waals surface area contributed by atoms with Gasteiger partial charge in [-0.05, 0) is 24.3 Å². The van der Waals surface area contributed by atoms with Crippen LogP contribution in [0.1, 0.15) is 38.3 Å². The smallest absolute Gasteiger partial charge is 0.0476 e. The van der Waals surface area contributed by atoms with E-state index in [2.05, 4.69) is 49.9 Å². The first kappa shape index (κ1) is 14.9. The van der Waals surface area contributed by atoms with Crippen LogP contribution >= 0.6 is 11.8 Å². The number of nitrogens with two attached hydrogens (primary N) is 1. The Morgan fingerprint density at radius 1 is 1.16 bits per heavy atom. The summed E-state index contributed by atoms with van der Waals surface area (Å²) < 4.78 is 5.44. The predicted octanol–water partition coefficient (Wildman–Crippen LogP) is 3.62. The van der Waals surface area contributed by atoms with Gasteiger partial charge in [-0.2, -0.15) is 11.8 Å². The highest BCUT2D eigenvalue weighted by molar-refractivity contribution is 8.00. The first-order valence-corrected chi connectivity index (χ1v) is 8.16. The highest BCUT2D eigenvalue weighted by atomic mass is 32.2. The highest BCUT2D eigenvalue weighted by Crippen LogP contribution is 2.36. The second kappa shape index (κ2) is 7.32. The van der Waals surface area contributed by atoms with Crippen molar-refractivity contribution in [1.82, 2.24) is 0 Å². The van der Waals surface area contributed by atoms with Crippen molar-refractivity contribution in [3.05, 3.63) is 35.9 Å². The van der Waals surface area contributed by atoms with Crippen molar-refractivity contribution in [1.29, 1.82) is 0 Å². The van der Waals surface area contributed by atoms with Gasteiger partial charge in [0.05, 0.1) is 0 Å². The summed E-state index contributed by atoms with van der Waals surface area (Å²) in [5.74, 6) is 0.586. The average Bonchev–Trinajstić information content (AvgIpc) is 2.46. The van der Waals surface area contributed by atoms with Gasteiger partial charge >= 0.3 is 0 Å². The second-order valence-electron chi connectivity index (χ2n) is 5.59. The van der Waals surface area contributed by atoms with E-state index in [4.69, 9.17) is 10.5 Å². The molecule has 106 valence electrons. The quantitative estimate of drug-likeness (QED) is 0.894. The predicted molar refractivity (Wildman–Crippen MR) is 83.4 cm³/mol. The molecule has 1 saturated heterocycles. The van der Waals surface area contributed by atoms with Crippen LogP contribution in [-0.2, 0) is 4.74 Å². The Kier molecular flexibility index (Phi) is 5.74. The lowest BCUT2D eigenvalue weighted by Gasteiger charge is -2.32. The molecule has 2 nitrogen and oxygen atoms in total. The van der Waals surface area contributed by atoms with Crippen molar-refractivity contribution in [3.63, 3.8) is 0 Å². The fourth-order valence-electron chi connectivity index (χ4n) is 2.56. The van der Waals surface area contributed by atoms with Gasteiger partial charge in [0, 0.05) is 29.8 Å². The lowest BCUT2D eigenvalue weighted by molar-refractivity contribution is 0.0998. The van der Waals surface area contributed by atoms with E-state index in [1.54, 1.807) is 0 Å². The fraction of sp³-hybridized carbons (Fsp3) is 0.625. The van der Waals surface area contributed by atoms with Crippen LogP contribution in [0, 0.1) is 5.92 Å². The fourth-order valence-corrected chi connectivity index (χ4v) is 4.11. The Morgan fingerprint density at radius 2 is 1.79 bits per heavy atom. The molecule has 0 aliphatic carbocycles. The zero-order valence-electron chi connectivity index (χ0n) is 11.9. The molecule has 0 radical (unpaired) electrons. The maximum absolute atomic E-state index is 6.51. The molecule has 1 heterocycles. The van der Waals surface area contributed by atoms with Gasteiger partial charge in [-0.25, -0.2) is 0 Å². The van der Waals surface area contributed by atoms with Crippen molar-refractivity contribution < 1.29 is 4.74 Å². The number of benzene rings is 1. The molecule has 2 rings (SSSR count). The number of hydrogen-bond acceptors (Lipinski definition) is 3. The summed E-state index contributed by atoms with van der Waals surface area (Å²) in [7, 11) is 0.